The Morgan fingerprint density at radius 3 is 2.54 bits per heavy atom. The molecule has 126 valence electrons. The van der Waals surface area contributed by atoms with Crippen LogP contribution in [0.2, 0.25) is 0 Å². The van der Waals surface area contributed by atoms with E-state index >= 15 is 0 Å². The normalized spacial score (nSPS) is 10.4. The quantitative estimate of drug-likeness (QED) is 0.433. The SMILES string of the molecule is CCN(Cc1cccc(F)c1)C(=O)CSc1ccc([N+](=O)[O-])cc1. The fourth-order valence-electron chi connectivity index (χ4n) is 2.13. The van der Waals surface area contributed by atoms with E-state index in [1.54, 1.807) is 29.2 Å². The minimum atomic E-state index is -0.461. The second-order valence-corrected chi connectivity index (χ2v) is 6.13. The van der Waals surface area contributed by atoms with Crippen molar-refractivity contribution in [1.29, 1.82) is 0 Å². The lowest BCUT2D eigenvalue weighted by atomic mass is 10.2. The smallest absolute Gasteiger partial charge is 0.269 e. The van der Waals surface area contributed by atoms with Crippen LogP contribution in [-0.4, -0.2) is 28.0 Å². The Morgan fingerprint density at radius 1 is 1.25 bits per heavy atom. The summed E-state index contributed by atoms with van der Waals surface area (Å²) >= 11 is 1.32. The van der Waals surface area contributed by atoms with Crippen LogP contribution in [0, 0.1) is 15.9 Å². The second kappa shape index (κ2) is 8.44. The van der Waals surface area contributed by atoms with E-state index in [4.69, 9.17) is 0 Å². The van der Waals surface area contributed by atoms with Crippen molar-refractivity contribution in [3.8, 4) is 0 Å². The molecule has 2 rings (SSSR count). The summed E-state index contributed by atoms with van der Waals surface area (Å²) in [5.41, 5.74) is 0.762. The van der Waals surface area contributed by atoms with Crippen LogP contribution >= 0.6 is 11.8 Å². The summed E-state index contributed by atoms with van der Waals surface area (Å²) in [6, 6.07) is 12.3. The summed E-state index contributed by atoms with van der Waals surface area (Å²) in [6.07, 6.45) is 0. The fraction of sp³-hybridized carbons (Fsp3) is 0.235. The van der Waals surface area contributed by atoms with E-state index in [2.05, 4.69) is 0 Å². The number of benzene rings is 2. The largest absolute Gasteiger partial charge is 0.338 e. The number of amides is 1. The highest BCUT2D eigenvalue weighted by Gasteiger charge is 2.13. The van der Waals surface area contributed by atoms with Crippen LogP contribution in [0.15, 0.2) is 53.4 Å². The average Bonchev–Trinajstić information content (AvgIpc) is 2.58. The van der Waals surface area contributed by atoms with Crippen molar-refractivity contribution in [3.63, 3.8) is 0 Å². The third-order valence-corrected chi connectivity index (χ3v) is 4.40. The molecule has 0 aliphatic rings. The Balaban J connectivity index is 1.93. The summed E-state index contributed by atoms with van der Waals surface area (Å²) in [5.74, 6) is -0.164. The first kappa shape index (κ1) is 17.9. The number of rotatable bonds is 7. The number of hydrogen-bond acceptors (Lipinski definition) is 4. The van der Waals surface area contributed by atoms with E-state index in [1.165, 1.54) is 36.0 Å². The molecule has 0 unspecified atom stereocenters. The third-order valence-electron chi connectivity index (χ3n) is 3.41. The molecule has 0 aromatic heterocycles. The predicted molar refractivity (Wildman–Crippen MR) is 91.3 cm³/mol. The van der Waals surface area contributed by atoms with Gasteiger partial charge in [0.15, 0.2) is 0 Å². The molecule has 7 heteroatoms. The third kappa shape index (κ3) is 5.06. The van der Waals surface area contributed by atoms with Gasteiger partial charge in [0.2, 0.25) is 5.91 Å². The van der Waals surface area contributed by atoms with Gasteiger partial charge in [0.05, 0.1) is 10.7 Å². The van der Waals surface area contributed by atoms with E-state index in [-0.39, 0.29) is 23.2 Å². The number of non-ortho nitro benzene ring substituents is 1. The van der Waals surface area contributed by atoms with Gasteiger partial charge < -0.3 is 4.90 Å². The molecule has 0 atom stereocenters. The van der Waals surface area contributed by atoms with Crippen LogP contribution in [0.4, 0.5) is 10.1 Å². The van der Waals surface area contributed by atoms with Gasteiger partial charge in [-0.25, -0.2) is 4.39 Å². The van der Waals surface area contributed by atoms with Crippen LogP contribution in [0.5, 0.6) is 0 Å². The molecule has 0 aliphatic heterocycles. The van der Waals surface area contributed by atoms with E-state index in [0.29, 0.717) is 13.1 Å². The highest BCUT2D eigenvalue weighted by molar-refractivity contribution is 8.00. The molecule has 5 nitrogen and oxygen atoms in total. The summed E-state index contributed by atoms with van der Waals surface area (Å²) in [6.45, 7) is 2.75. The Bertz CT molecular complexity index is 722. The molecule has 0 saturated carbocycles. The van der Waals surface area contributed by atoms with Crippen LogP contribution in [0.1, 0.15) is 12.5 Å². The molecule has 0 fully saturated rings. The minimum Gasteiger partial charge on any atom is -0.338 e. The van der Waals surface area contributed by atoms with Gasteiger partial charge in [-0.2, -0.15) is 0 Å². The number of nitro groups is 1. The number of thioether (sulfide) groups is 1. The zero-order valence-electron chi connectivity index (χ0n) is 13.1. The van der Waals surface area contributed by atoms with Gasteiger partial charge in [0.1, 0.15) is 5.82 Å². The Labute approximate surface area is 143 Å². The van der Waals surface area contributed by atoms with Crippen molar-refractivity contribution in [2.75, 3.05) is 12.3 Å². The zero-order valence-corrected chi connectivity index (χ0v) is 14.0. The number of halogens is 1. The van der Waals surface area contributed by atoms with Crippen molar-refractivity contribution in [2.45, 2.75) is 18.4 Å². The molecular formula is C17H17FN2O3S. The van der Waals surface area contributed by atoms with Crippen LogP contribution in [-0.2, 0) is 11.3 Å². The molecule has 0 N–H and O–H groups in total. The van der Waals surface area contributed by atoms with Crippen LogP contribution in [0.3, 0.4) is 0 Å². The fourth-order valence-corrected chi connectivity index (χ4v) is 2.93. The van der Waals surface area contributed by atoms with Gasteiger partial charge in [-0.05, 0) is 36.8 Å². The van der Waals surface area contributed by atoms with E-state index < -0.39 is 4.92 Å². The van der Waals surface area contributed by atoms with Crippen LogP contribution in [0.25, 0.3) is 0 Å². The molecular weight excluding hydrogens is 331 g/mol. The van der Waals surface area contributed by atoms with Gasteiger partial charge in [0.25, 0.3) is 5.69 Å². The minimum absolute atomic E-state index is 0.0203. The van der Waals surface area contributed by atoms with Crippen LogP contribution < -0.4 is 0 Å². The number of carbonyl (C=O) groups excluding carboxylic acids is 1. The maximum atomic E-state index is 13.2. The standard InChI is InChI=1S/C17H17FN2O3S/c1-2-19(11-13-4-3-5-14(18)10-13)17(21)12-24-16-8-6-15(7-9-16)20(22)23/h3-10H,2,11-12H2,1H3. The second-order valence-electron chi connectivity index (χ2n) is 5.08. The van der Waals surface area contributed by atoms with Gasteiger partial charge in [-0.15, -0.1) is 11.8 Å². The van der Waals surface area contributed by atoms with Gasteiger partial charge in [-0.1, -0.05) is 12.1 Å². The Hall–Kier alpha value is -2.41. The van der Waals surface area contributed by atoms with Crippen molar-refractivity contribution < 1.29 is 14.1 Å². The average molecular weight is 348 g/mol. The molecule has 24 heavy (non-hydrogen) atoms. The lowest BCUT2D eigenvalue weighted by molar-refractivity contribution is -0.384. The van der Waals surface area contributed by atoms with Gasteiger partial charge >= 0.3 is 0 Å². The highest BCUT2D eigenvalue weighted by atomic mass is 32.2. The monoisotopic (exact) mass is 348 g/mol. The first-order valence-corrected chi connectivity index (χ1v) is 8.37. The van der Waals surface area contributed by atoms with Gasteiger partial charge in [-0.3, -0.25) is 14.9 Å². The number of hydrogen-bond donors (Lipinski definition) is 0. The van der Waals surface area contributed by atoms with Crippen molar-refractivity contribution in [1.82, 2.24) is 4.90 Å². The van der Waals surface area contributed by atoms with E-state index in [9.17, 15) is 19.3 Å². The van der Waals surface area contributed by atoms with Crippen molar-refractivity contribution in [2.24, 2.45) is 0 Å². The molecule has 0 saturated heterocycles. The Kier molecular flexibility index (Phi) is 6.31. The zero-order chi connectivity index (χ0) is 17.5. The van der Waals surface area contributed by atoms with Crippen molar-refractivity contribution in [3.05, 3.63) is 70.0 Å². The first-order chi connectivity index (χ1) is 11.5. The first-order valence-electron chi connectivity index (χ1n) is 7.39. The topological polar surface area (TPSA) is 63.5 Å². The molecule has 0 radical (unpaired) electrons. The molecule has 0 heterocycles. The summed E-state index contributed by atoms with van der Waals surface area (Å²) in [7, 11) is 0. The van der Waals surface area contributed by atoms with Gasteiger partial charge in [0, 0.05) is 30.1 Å². The van der Waals surface area contributed by atoms with Crippen molar-refractivity contribution >= 4 is 23.4 Å². The maximum absolute atomic E-state index is 13.2. The number of carbonyl (C=O) groups is 1. The molecule has 1 amide bonds. The highest BCUT2D eigenvalue weighted by Crippen LogP contribution is 2.22. The Morgan fingerprint density at radius 2 is 1.96 bits per heavy atom. The molecule has 2 aromatic rings. The molecule has 2 aromatic carbocycles. The summed E-state index contributed by atoms with van der Waals surface area (Å²) in [4.78, 5) is 24.9. The molecule has 0 spiro atoms. The summed E-state index contributed by atoms with van der Waals surface area (Å²) < 4.78 is 13.2. The maximum Gasteiger partial charge on any atom is 0.269 e. The lowest BCUT2D eigenvalue weighted by Crippen LogP contribution is -2.31. The van der Waals surface area contributed by atoms with E-state index in [1.807, 2.05) is 6.92 Å². The summed E-state index contributed by atoms with van der Waals surface area (Å²) in [5, 5.41) is 10.6. The predicted octanol–water partition coefficient (Wildman–Crippen LogP) is 3.87. The lowest BCUT2D eigenvalue weighted by Gasteiger charge is -2.21. The van der Waals surface area contributed by atoms with E-state index in [0.717, 1.165) is 10.5 Å². The number of nitro benzene ring substituents is 1. The number of nitrogens with zero attached hydrogens (tertiary/aromatic N) is 2. The molecule has 0 aliphatic carbocycles. The molecule has 0 bridgehead atoms.